The number of thioether (sulfide) groups is 1. The van der Waals surface area contributed by atoms with Gasteiger partial charge in [-0.25, -0.2) is 0 Å². The van der Waals surface area contributed by atoms with Crippen molar-refractivity contribution in [2.45, 2.75) is 31.6 Å². The van der Waals surface area contributed by atoms with Crippen LogP contribution >= 0.6 is 11.8 Å². The summed E-state index contributed by atoms with van der Waals surface area (Å²) in [5.74, 6) is 2.95. The topological polar surface area (TPSA) is 21.3 Å². The number of nitrogens with one attached hydrogen (secondary N) is 1. The van der Waals surface area contributed by atoms with E-state index in [4.69, 9.17) is 4.74 Å². The van der Waals surface area contributed by atoms with Crippen LogP contribution in [0.3, 0.4) is 0 Å². The van der Waals surface area contributed by atoms with Gasteiger partial charge in [0.1, 0.15) is 5.75 Å². The maximum Gasteiger partial charge on any atom is 0.119 e. The Hall–Kier alpha value is -0.670. The molecule has 100 valence electrons. The van der Waals surface area contributed by atoms with Crippen LogP contribution in [0.25, 0.3) is 0 Å². The van der Waals surface area contributed by atoms with E-state index in [1.54, 1.807) is 7.11 Å². The Labute approximate surface area is 114 Å². The SMILES string of the molecule is CNC1c2cc(OC)ccc2CC1SCC(C)C. The molecule has 1 N–H and O–H groups in total. The van der Waals surface area contributed by atoms with Gasteiger partial charge in [0.15, 0.2) is 0 Å². The predicted molar refractivity (Wildman–Crippen MR) is 79.6 cm³/mol. The summed E-state index contributed by atoms with van der Waals surface area (Å²) in [6, 6.07) is 6.93. The fourth-order valence-corrected chi connectivity index (χ4v) is 3.93. The molecule has 2 unspecified atom stereocenters. The minimum atomic E-state index is 0.457. The van der Waals surface area contributed by atoms with Crippen LogP contribution in [0.5, 0.6) is 5.75 Å². The van der Waals surface area contributed by atoms with Gasteiger partial charge in [-0.3, -0.25) is 0 Å². The highest BCUT2D eigenvalue weighted by atomic mass is 32.2. The van der Waals surface area contributed by atoms with Crippen LogP contribution in [0, 0.1) is 5.92 Å². The quantitative estimate of drug-likeness (QED) is 0.883. The summed E-state index contributed by atoms with van der Waals surface area (Å²) in [4.78, 5) is 0. The lowest BCUT2D eigenvalue weighted by molar-refractivity contribution is 0.413. The van der Waals surface area contributed by atoms with Gasteiger partial charge in [0.05, 0.1) is 7.11 Å². The number of fused-ring (bicyclic) bond motifs is 1. The summed E-state index contributed by atoms with van der Waals surface area (Å²) in [7, 11) is 3.79. The summed E-state index contributed by atoms with van der Waals surface area (Å²) >= 11 is 2.09. The Balaban J connectivity index is 2.15. The van der Waals surface area contributed by atoms with Crippen molar-refractivity contribution in [2.75, 3.05) is 19.9 Å². The van der Waals surface area contributed by atoms with E-state index >= 15 is 0 Å². The Morgan fingerprint density at radius 1 is 1.44 bits per heavy atom. The zero-order valence-electron chi connectivity index (χ0n) is 11.7. The molecular formula is C15H23NOS. The first kappa shape index (κ1) is 13.8. The molecule has 2 rings (SSSR count). The molecular weight excluding hydrogens is 242 g/mol. The maximum atomic E-state index is 5.33. The van der Waals surface area contributed by atoms with E-state index in [0.717, 1.165) is 11.7 Å². The van der Waals surface area contributed by atoms with Gasteiger partial charge in [-0.15, -0.1) is 0 Å². The van der Waals surface area contributed by atoms with E-state index in [9.17, 15) is 0 Å². The van der Waals surface area contributed by atoms with Crippen molar-refractivity contribution in [1.29, 1.82) is 0 Å². The van der Waals surface area contributed by atoms with E-state index in [-0.39, 0.29) is 0 Å². The Morgan fingerprint density at radius 3 is 2.83 bits per heavy atom. The molecule has 0 amide bonds. The number of rotatable bonds is 5. The van der Waals surface area contributed by atoms with Gasteiger partial charge in [0, 0.05) is 11.3 Å². The Kier molecular flexibility index (Phi) is 4.57. The zero-order valence-corrected chi connectivity index (χ0v) is 12.5. The minimum absolute atomic E-state index is 0.457. The molecule has 0 radical (unpaired) electrons. The third-order valence-electron chi connectivity index (χ3n) is 3.44. The minimum Gasteiger partial charge on any atom is -0.497 e. The molecule has 0 aliphatic heterocycles. The monoisotopic (exact) mass is 265 g/mol. The second kappa shape index (κ2) is 5.98. The molecule has 0 heterocycles. The average molecular weight is 265 g/mol. The molecule has 3 heteroatoms. The molecule has 0 saturated carbocycles. The van der Waals surface area contributed by atoms with Crippen LogP contribution in [0.4, 0.5) is 0 Å². The Bertz CT molecular complexity index is 405. The standard InChI is InChI=1S/C15H23NOS/c1-10(2)9-18-14-7-11-5-6-12(17-4)8-13(11)15(14)16-3/h5-6,8,10,14-16H,7,9H2,1-4H3. The first-order valence-corrected chi connectivity index (χ1v) is 7.66. The highest BCUT2D eigenvalue weighted by Crippen LogP contribution is 2.40. The molecule has 0 aromatic heterocycles. The molecule has 2 nitrogen and oxygen atoms in total. The summed E-state index contributed by atoms with van der Waals surface area (Å²) < 4.78 is 5.33. The fourth-order valence-electron chi connectivity index (χ4n) is 2.52. The van der Waals surface area contributed by atoms with E-state index in [1.165, 1.54) is 23.3 Å². The van der Waals surface area contributed by atoms with Crippen molar-refractivity contribution in [3.8, 4) is 5.75 Å². The summed E-state index contributed by atoms with van der Waals surface area (Å²) in [6.07, 6.45) is 1.17. The van der Waals surface area contributed by atoms with Crippen LogP contribution in [-0.2, 0) is 6.42 Å². The molecule has 1 aromatic carbocycles. The largest absolute Gasteiger partial charge is 0.497 e. The van der Waals surface area contributed by atoms with Crippen molar-refractivity contribution < 1.29 is 4.74 Å². The molecule has 18 heavy (non-hydrogen) atoms. The smallest absolute Gasteiger partial charge is 0.119 e. The zero-order chi connectivity index (χ0) is 13.1. The molecule has 0 saturated heterocycles. The number of ether oxygens (including phenoxy) is 1. The van der Waals surface area contributed by atoms with Crippen LogP contribution in [0.15, 0.2) is 18.2 Å². The molecule has 1 aromatic rings. The van der Waals surface area contributed by atoms with E-state index in [1.807, 2.05) is 0 Å². The fraction of sp³-hybridized carbons (Fsp3) is 0.600. The third-order valence-corrected chi connectivity index (χ3v) is 5.16. The number of hydrogen-bond acceptors (Lipinski definition) is 3. The molecule has 0 spiro atoms. The van der Waals surface area contributed by atoms with Crippen LogP contribution in [0.1, 0.15) is 31.0 Å². The van der Waals surface area contributed by atoms with Gasteiger partial charge < -0.3 is 10.1 Å². The summed E-state index contributed by atoms with van der Waals surface area (Å²) in [6.45, 7) is 4.57. The first-order valence-electron chi connectivity index (χ1n) is 6.61. The van der Waals surface area contributed by atoms with Gasteiger partial charge in [0.25, 0.3) is 0 Å². The van der Waals surface area contributed by atoms with Gasteiger partial charge in [-0.1, -0.05) is 19.9 Å². The first-order chi connectivity index (χ1) is 8.65. The third kappa shape index (κ3) is 2.83. The highest BCUT2D eigenvalue weighted by molar-refractivity contribution is 7.99. The number of benzene rings is 1. The summed E-state index contributed by atoms with van der Waals surface area (Å²) in [5, 5.41) is 4.12. The molecule has 1 aliphatic carbocycles. The van der Waals surface area contributed by atoms with Gasteiger partial charge in [-0.2, -0.15) is 11.8 Å². The molecule has 1 aliphatic rings. The van der Waals surface area contributed by atoms with Crippen LogP contribution < -0.4 is 10.1 Å². The van der Waals surface area contributed by atoms with Gasteiger partial charge in [0.2, 0.25) is 0 Å². The average Bonchev–Trinajstić information content (AvgIpc) is 2.72. The van der Waals surface area contributed by atoms with Crippen molar-refractivity contribution in [3.05, 3.63) is 29.3 Å². The lowest BCUT2D eigenvalue weighted by Crippen LogP contribution is -2.24. The van der Waals surface area contributed by atoms with Crippen LogP contribution in [-0.4, -0.2) is 25.2 Å². The van der Waals surface area contributed by atoms with Gasteiger partial charge in [-0.05, 0) is 48.4 Å². The van der Waals surface area contributed by atoms with Crippen LogP contribution in [0.2, 0.25) is 0 Å². The number of methoxy groups -OCH3 is 1. The molecule has 2 atom stereocenters. The Morgan fingerprint density at radius 2 is 2.22 bits per heavy atom. The molecule has 0 bridgehead atoms. The normalized spacial score (nSPS) is 22.3. The lowest BCUT2D eigenvalue weighted by Gasteiger charge is -2.20. The van der Waals surface area contributed by atoms with E-state index < -0.39 is 0 Å². The maximum absolute atomic E-state index is 5.33. The van der Waals surface area contributed by atoms with Crippen molar-refractivity contribution in [3.63, 3.8) is 0 Å². The van der Waals surface area contributed by atoms with E-state index in [0.29, 0.717) is 11.3 Å². The second-order valence-corrected chi connectivity index (χ2v) is 6.57. The second-order valence-electron chi connectivity index (χ2n) is 5.30. The molecule has 0 fully saturated rings. The van der Waals surface area contributed by atoms with Crippen molar-refractivity contribution in [2.24, 2.45) is 5.92 Å². The van der Waals surface area contributed by atoms with Crippen molar-refractivity contribution in [1.82, 2.24) is 5.32 Å². The van der Waals surface area contributed by atoms with Crippen molar-refractivity contribution >= 4 is 11.8 Å². The lowest BCUT2D eigenvalue weighted by atomic mass is 10.1. The predicted octanol–water partition coefficient (Wildman–Crippen LogP) is 3.27. The highest BCUT2D eigenvalue weighted by Gasteiger charge is 2.31. The van der Waals surface area contributed by atoms with E-state index in [2.05, 4.69) is 56.2 Å². The van der Waals surface area contributed by atoms with Gasteiger partial charge >= 0.3 is 0 Å². The number of hydrogen-bond donors (Lipinski definition) is 1. The summed E-state index contributed by atoms with van der Waals surface area (Å²) in [5.41, 5.74) is 2.88.